The summed E-state index contributed by atoms with van der Waals surface area (Å²) in [5, 5.41) is 0. The summed E-state index contributed by atoms with van der Waals surface area (Å²) in [6, 6.07) is 0. The monoisotopic (exact) mass is 115 g/mol. The van der Waals surface area contributed by atoms with E-state index in [-0.39, 0.29) is 5.83 Å². The van der Waals surface area contributed by atoms with Gasteiger partial charge in [0.25, 0.3) is 0 Å². The van der Waals surface area contributed by atoms with Gasteiger partial charge in [0.1, 0.15) is 5.83 Å². The van der Waals surface area contributed by atoms with Gasteiger partial charge in [0.15, 0.2) is 0 Å². The summed E-state index contributed by atoms with van der Waals surface area (Å²) in [4.78, 5) is 1.87. The maximum Gasteiger partial charge on any atom is 0.116 e. The molecule has 0 bridgehead atoms. The lowest BCUT2D eigenvalue weighted by molar-refractivity contribution is 0.379. The van der Waals surface area contributed by atoms with E-state index in [2.05, 4.69) is 0 Å². The average molecular weight is 115 g/mol. The van der Waals surface area contributed by atoms with Gasteiger partial charge in [0.05, 0.1) is 0 Å². The molecule has 0 N–H and O–H groups in total. The van der Waals surface area contributed by atoms with E-state index >= 15 is 0 Å². The quantitative estimate of drug-likeness (QED) is 0.462. The lowest BCUT2D eigenvalue weighted by Gasteiger charge is -2.17. The Balaban J connectivity index is 2.50. The van der Waals surface area contributed by atoms with Gasteiger partial charge in [0, 0.05) is 26.2 Å². The Hall–Kier alpha value is -0.530. The number of rotatable bonds is 0. The van der Waals surface area contributed by atoms with Crippen LogP contribution in [0.4, 0.5) is 4.39 Å². The predicted octanol–water partition coefficient (Wildman–Crippen LogP) is 1.52. The molecular formula is C6H10FN. The van der Waals surface area contributed by atoms with Crippen molar-refractivity contribution in [1.82, 2.24) is 4.90 Å². The Morgan fingerprint density at radius 3 is 2.88 bits per heavy atom. The fourth-order valence-corrected chi connectivity index (χ4v) is 0.866. The first kappa shape index (κ1) is 5.60. The Kier molecular flexibility index (Phi) is 1.51. The minimum absolute atomic E-state index is 0.0127. The van der Waals surface area contributed by atoms with Crippen LogP contribution < -0.4 is 0 Å². The summed E-state index contributed by atoms with van der Waals surface area (Å²) in [5.74, 6) is 0.0127. The maximum absolute atomic E-state index is 12.3. The summed E-state index contributed by atoms with van der Waals surface area (Å²) in [6.07, 6.45) is 3.15. The third-order valence-electron chi connectivity index (χ3n) is 1.29. The molecule has 0 aromatic carbocycles. The van der Waals surface area contributed by atoms with Gasteiger partial charge >= 0.3 is 0 Å². The molecule has 0 saturated carbocycles. The minimum Gasteiger partial charge on any atom is -0.378 e. The van der Waals surface area contributed by atoms with Crippen LogP contribution in [0.15, 0.2) is 12.0 Å². The van der Waals surface area contributed by atoms with Crippen LogP contribution in [-0.4, -0.2) is 18.5 Å². The number of hydrogen-bond acceptors (Lipinski definition) is 1. The van der Waals surface area contributed by atoms with Crippen LogP contribution in [0.5, 0.6) is 0 Å². The molecule has 1 heterocycles. The maximum atomic E-state index is 12.3. The van der Waals surface area contributed by atoms with Crippen molar-refractivity contribution in [3.8, 4) is 0 Å². The Bertz CT molecular complexity index is 109. The van der Waals surface area contributed by atoms with Crippen LogP contribution in [0, 0.1) is 0 Å². The molecule has 0 amide bonds. The molecule has 1 aliphatic heterocycles. The molecule has 0 aromatic rings. The summed E-state index contributed by atoms with van der Waals surface area (Å²) < 4.78 is 12.3. The van der Waals surface area contributed by atoms with Crippen LogP contribution in [-0.2, 0) is 0 Å². The number of allylic oxidation sites excluding steroid dienone is 1. The zero-order valence-corrected chi connectivity index (χ0v) is 5.02. The topological polar surface area (TPSA) is 3.24 Å². The van der Waals surface area contributed by atoms with Crippen molar-refractivity contribution in [2.45, 2.75) is 12.8 Å². The standard InChI is InChI=1S/C6H10FN/c1-8-4-2-3-6(7)5-8/h5H,2-4H2,1H3. The van der Waals surface area contributed by atoms with Crippen LogP contribution >= 0.6 is 0 Å². The second kappa shape index (κ2) is 2.16. The fraction of sp³-hybridized carbons (Fsp3) is 0.667. The van der Waals surface area contributed by atoms with Crippen molar-refractivity contribution in [2.75, 3.05) is 13.6 Å². The summed E-state index contributed by atoms with van der Waals surface area (Å²) in [6.45, 7) is 0.993. The van der Waals surface area contributed by atoms with Gasteiger partial charge in [-0.2, -0.15) is 0 Å². The van der Waals surface area contributed by atoms with Gasteiger partial charge in [-0.15, -0.1) is 0 Å². The van der Waals surface area contributed by atoms with Gasteiger partial charge in [-0.25, -0.2) is 4.39 Å². The van der Waals surface area contributed by atoms with Crippen molar-refractivity contribution in [3.63, 3.8) is 0 Å². The van der Waals surface area contributed by atoms with Crippen LogP contribution in [0.2, 0.25) is 0 Å². The molecule has 2 heteroatoms. The summed E-state index contributed by atoms with van der Waals surface area (Å²) in [7, 11) is 1.89. The highest BCUT2D eigenvalue weighted by Crippen LogP contribution is 2.12. The van der Waals surface area contributed by atoms with E-state index in [1.54, 1.807) is 6.20 Å². The summed E-state index contributed by atoms with van der Waals surface area (Å²) >= 11 is 0. The van der Waals surface area contributed by atoms with Crippen molar-refractivity contribution < 1.29 is 4.39 Å². The minimum atomic E-state index is 0.0127. The van der Waals surface area contributed by atoms with Gasteiger partial charge in [0.2, 0.25) is 0 Å². The summed E-state index contributed by atoms with van der Waals surface area (Å²) in [5.41, 5.74) is 0. The molecule has 0 spiro atoms. The van der Waals surface area contributed by atoms with Crippen LogP contribution in [0.1, 0.15) is 12.8 Å². The Morgan fingerprint density at radius 2 is 2.50 bits per heavy atom. The SMILES string of the molecule is CN1C=C(F)CCC1. The lowest BCUT2D eigenvalue weighted by Crippen LogP contribution is -2.16. The van der Waals surface area contributed by atoms with Crippen molar-refractivity contribution in [3.05, 3.63) is 12.0 Å². The van der Waals surface area contributed by atoms with Gasteiger partial charge < -0.3 is 4.90 Å². The zero-order valence-electron chi connectivity index (χ0n) is 5.02. The molecule has 1 rings (SSSR count). The largest absolute Gasteiger partial charge is 0.378 e. The molecule has 0 atom stereocenters. The van der Waals surface area contributed by atoms with Crippen LogP contribution in [0.3, 0.4) is 0 Å². The van der Waals surface area contributed by atoms with Crippen molar-refractivity contribution in [2.24, 2.45) is 0 Å². The highest BCUT2D eigenvalue weighted by molar-refractivity contribution is 4.94. The van der Waals surface area contributed by atoms with E-state index in [9.17, 15) is 4.39 Å². The molecule has 0 radical (unpaired) electrons. The average Bonchev–Trinajstić information content (AvgIpc) is 1.64. The highest BCUT2D eigenvalue weighted by Gasteiger charge is 2.03. The van der Waals surface area contributed by atoms with Gasteiger partial charge in [-0.05, 0) is 6.42 Å². The number of hydrogen-bond donors (Lipinski definition) is 0. The van der Waals surface area contributed by atoms with Crippen LogP contribution in [0.25, 0.3) is 0 Å². The highest BCUT2D eigenvalue weighted by atomic mass is 19.1. The van der Waals surface area contributed by atoms with E-state index in [4.69, 9.17) is 0 Å². The predicted molar refractivity (Wildman–Crippen MR) is 31.1 cm³/mol. The molecule has 1 aliphatic rings. The molecule has 0 fully saturated rings. The van der Waals surface area contributed by atoms with Gasteiger partial charge in [-0.3, -0.25) is 0 Å². The third kappa shape index (κ3) is 1.22. The van der Waals surface area contributed by atoms with E-state index in [1.165, 1.54) is 0 Å². The van der Waals surface area contributed by atoms with E-state index < -0.39 is 0 Å². The second-order valence-electron chi connectivity index (χ2n) is 2.16. The molecule has 0 saturated heterocycles. The zero-order chi connectivity index (χ0) is 5.98. The van der Waals surface area contributed by atoms with Gasteiger partial charge in [-0.1, -0.05) is 0 Å². The first-order valence-corrected chi connectivity index (χ1v) is 2.85. The van der Waals surface area contributed by atoms with Crippen molar-refractivity contribution >= 4 is 0 Å². The van der Waals surface area contributed by atoms with E-state index in [0.29, 0.717) is 6.42 Å². The molecule has 8 heavy (non-hydrogen) atoms. The van der Waals surface area contributed by atoms with Crippen molar-refractivity contribution in [1.29, 1.82) is 0 Å². The molecular weight excluding hydrogens is 105 g/mol. The second-order valence-corrected chi connectivity index (χ2v) is 2.16. The first-order chi connectivity index (χ1) is 3.79. The lowest BCUT2D eigenvalue weighted by atomic mass is 10.2. The van der Waals surface area contributed by atoms with E-state index in [1.807, 2.05) is 11.9 Å². The first-order valence-electron chi connectivity index (χ1n) is 2.85. The molecule has 0 unspecified atom stereocenters. The Morgan fingerprint density at radius 1 is 1.75 bits per heavy atom. The molecule has 0 aromatic heterocycles. The third-order valence-corrected chi connectivity index (χ3v) is 1.29. The van der Waals surface area contributed by atoms with E-state index in [0.717, 1.165) is 13.0 Å². The smallest absolute Gasteiger partial charge is 0.116 e. The molecule has 46 valence electrons. The molecule has 0 aliphatic carbocycles. The number of halogens is 1. The normalized spacial score (nSPS) is 20.8. The number of nitrogens with zero attached hydrogens (tertiary/aromatic N) is 1. The fourth-order valence-electron chi connectivity index (χ4n) is 0.866. The Labute approximate surface area is 48.8 Å². The molecule has 1 nitrogen and oxygen atoms in total.